The van der Waals surface area contributed by atoms with Crippen molar-refractivity contribution in [2.24, 2.45) is 0 Å². The van der Waals surface area contributed by atoms with Gasteiger partial charge in [0.25, 0.3) is 0 Å². The number of rotatable bonds is 3. The van der Waals surface area contributed by atoms with Gasteiger partial charge >= 0.3 is 0 Å². The lowest BCUT2D eigenvalue weighted by Crippen LogP contribution is -2.35. The van der Waals surface area contributed by atoms with Gasteiger partial charge in [-0.05, 0) is 26.3 Å². The van der Waals surface area contributed by atoms with E-state index in [-0.39, 0.29) is 24.6 Å². The van der Waals surface area contributed by atoms with Gasteiger partial charge in [0.2, 0.25) is 0 Å². The third-order valence-electron chi connectivity index (χ3n) is 3.51. The van der Waals surface area contributed by atoms with Crippen molar-refractivity contribution >= 4 is 0 Å². The summed E-state index contributed by atoms with van der Waals surface area (Å²) in [6.45, 7) is 6.35. The van der Waals surface area contributed by atoms with Crippen LogP contribution >= 0.6 is 0 Å². The third kappa shape index (κ3) is 2.67. The van der Waals surface area contributed by atoms with Crippen molar-refractivity contribution in [3.63, 3.8) is 0 Å². The maximum Gasteiger partial charge on any atom is 0.190 e. The van der Waals surface area contributed by atoms with Crippen molar-refractivity contribution in [2.45, 2.75) is 57.8 Å². The highest BCUT2D eigenvalue weighted by atomic mass is 16.8. The molecule has 2 fully saturated rings. The standard InChI is InChI=1S/C15H20O4/c1-10-12(16-9-11-7-5-4-6-8-11)13-14(17-10)19-15(2,3)18-13/h4-8,10,12-14H,9H2,1-3H3/t10-,12-,13-,14-/m1/s1. The lowest BCUT2D eigenvalue weighted by Gasteiger charge is -2.24. The zero-order valence-corrected chi connectivity index (χ0v) is 11.5. The topological polar surface area (TPSA) is 36.9 Å². The Bertz CT molecular complexity index is 431. The van der Waals surface area contributed by atoms with Crippen LogP contribution in [0.15, 0.2) is 30.3 Å². The highest BCUT2D eigenvalue weighted by Gasteiger charge is 2.54. The van der Waals surface area contributed by atoms with Crippen LogP contribution in [0.2, 0.25) is 0 Å². The first-order valence-electron chi connectivity index (χ1n) is 6.72. The molecule has 0 radical (unpaired) electrons. The fourth-order valence-electron chi connectivity index (χ4n) is 2.64. The molecule has 2 aliphatic heterocycles. The summed E-state index contributed by atoms with van der Waals surface area (Å²) in [5.74, 6) is -0.593. The summed E-state index contributed by atoms with van der Waals surface area (Å²) in [5.41, 5.74) is 1.15. The molecule has 4 nitrogen and oxygen atoms in total. The molecule has 0 aliphatic carbocycles. The summed E-state index contributed by atoms with van der Waals surface area (Å²) >= 11 is 0. The monoisotopic (exact) mass is 264 g/mol. The van der Waals surface area contributed by atoms with Gasteiger partial charge < -0.3 is 18.9 Å². The van der Waals surface area contributed by atoms with E-state index in [4.69, 9.17) is 18.9 Å². The van der Waals surface area contributed by atoms with E-state index in [1.165, 1.54) is 0 Å². The lowest BCUT2D eigenvalue weighted by atomic mass is 10.1. The Balaban J connectivity index is 1.64. The second kappa shape index (κ2) is 4.87. The fourth-order valence-corrected chi connectivity index (χ4v) is 2.64. The zero-order chi connectivity index (χ0) is 13.5. The SMILES string of the molecule is C[C@H]1O[C@@H]2OC(C)(C)O[C@@H]2[C@@H]1OCc1ccccc1. The highest BCUT2D eigenvalue weighted by molar-refractivity contribution is 5.13. The molecule has 0 bridgehead atoms. The molecular formula is C15H20O4. The van der Waals surface area contributed by atoms with Gasteiger partial charge in [-0.1, -0.05) is 30.3 Å². The van der Waals surface area contributed by atoms with E-state index >= 15 is 0 Å². The van der Waals surface area contributed by atoms with E-state index in [1.807, 2.05) is 51.1 Å². The molecule has 104 valence electrons. The molecule has 0 saturated carbocycles. The summed E-state index contributed by atoms with van der Waals surface area (Å²) in [5, 5.41) is 0. The molecule has 1 aromatic rings. The smallest absolute Gasteiger partial charge is 0.190 e. The molecule has 19 heavy (non-hydrogen) atoms. The zero-order valence-electron chi connectivity index (χ0n) is 11.5. The Hall–Kier alpha value is -0.940. The summed E-state index contributed by atoms with van der Waals surface area (Å²) in [4.78, 5) is 0. The molecule has 0 unspecified atom stereocenters. The van der Waals surface area contributed by atoms with E-state index in [0.717, 1.165) is 5.56 Å². The van der Waals surface area contributed by atoms with E-state index in [2.05, 4.69) is 0 Å². The van der Waals surface area contributed by atoms with E-state index in [9.17, 15) is 0 Å². The summed E-state index contributed by atoms with van der Waals surface area (Å²) in [6, 6.07) is 10.1. The normalized spacial score (nSPS) is 36.4. The van der Waals surface area contributed by atoms with Crippen LogP contribution in [0.4, 0.5) is 0 Å². The van der Waals surface area contributed by atoms with Gasteiger partial charge in [-0.2, -0.15) is 0 Å². The second-order valence-electron chi connectivity index (χ2n) is 5.57. The minimum atomic E-state index is -0.593. The van der Waals surface area contributed by atoms with Crippen LogP contribution in [0.1, 0.15) is 26.3 Å². The van der Waals surface area contributed by atoms with Crippen LogP contribution in [-0.4, -0.2) is 30.4 Å². The third-order valence-corrected chi connectivity index (χ3v) is 3.51. The molecule has 0 N–H and O–H groups in total. The average molecular weight is 264 g/mol. The van der Waals surface area contributed by atoms with Crippen molar-refractivity contribution < 1.29 is 18.9 Å². The Labute approximate surface area is 113 Å². The van der Waals surface area contributed by atoms with Gasteiger partial charge in [-0.15, -0.1) is 0 Å². The number of ether oxygens (including phenoxy) is 4. The number of benzene rings is 1. The van der Waals surface area contributed by atoms with Crippen molar-refractivity contribution in [1.29, 1.82) is 0 Å². The number of fused-ring (bicyclic) bond motifs is 1. The molecule has 0 spiro atoms. The molecule has 4 atom stereocenters. The van der Waals surface area contributed by atoms with Gasteiger partial charge in [-0.3, -0.25) is 0 Å². The van der Waals surface area contributed by atoms with Crippen LogP contribution in [0, 0.1) is 0 Å². The van der Waals surface area contributed by atoms with Crippen LogP contribution in [-0.2, 0) is 25.6 Å². The van der Waals surface area contributed by atoms with Crippen LogP contribution < -0.4 is 0 Å². The average Bonchev–Trinajstić information content (AvgIpc) is 2.79. The molecule has 2 saturated heterocycles. The molecule has 2 heterocycles. The minimum absolute atomic E-state index is 0.0187. The lowest BCUT2D eigenvalue weighted by molar-refractivity contribution is -0.216. The molecule has 3 rings (SSSR count). The molecule has 2 aliphatic rings. The minimum Gasteiger partial charge on any atom is -0.368 e. The molecule has 0 aromatic heterocycles. The van der Waals surface area contributed by atoms with Crippen LogP contribution in [0.25, 0.3) is 0 Å². The highest BCUT2D eigenvalue weighted by Crippen LogP contribution is 2.38. The Morgan fingerprint density at radius 2 is 1.89 bits per heavy atom. The van der Waals surface area contributed by atoms with E-state index in [1.54, 1.807) is 0 Å². The summed E-state index contributed by atoms with van der Waals surface area (Å²) in [6.07, 6.45) is -0.568. The quantitative estimate of drug-likeness (QED) is 0.840. The predicted molar refractivity (Wildman–Crippen MR) is 69.4 cm³/mol. The largest absolute Gasteiger partial charge is 0.368 e. The fraction of sp³-hybridized carbons (Fsp3) is 0.600. The van der Waals surface area contributed by atoms with E-state index in [0.29, 0.717) is 6.61 Å². The molecular weight excluding hydrogens is 244 g/mol. The van der Waals surface area contributed by atoms with Crippen LogP contribution in [0.3, 0.4) is 0 Å². The molecule has 4 heteroatoms. The predicted octanol–water partition coefficient (Wildman–Crippen LogP) is 2.47. The van der Waals surface area contributed by atoms with Crippen molar-refractivity contribution in [1.82, 2.24) is 0 Å². The maximum atomic E-state index is 5.98. The van der Waals surface area contributed by atoms with Gasteiger partial charge in [0.05, 0.1) is 12.7 Å². The van der Waals surface area contributed by atoms with Gasteiger partial charge in [0.1, 0.15) is 12.2 Å². The van der Waals surface area contributed by atoms with Crippen molar-refractivity contribution in [2.75, 3.05) is 0 Å². The molecule has 1 aromatic carbocycles. The second-order valence-corrected chi connectivity index (χ2v) is 5.57. The van der Waals surface area contributed by atoms with Gasteiger partial charge in [-0.25, -0.2) is 0 Å². The Morgan fingerprint density at radius 3 is 2.63 bits per heavy atom. The van der Waals surface area contributed by atoms with Gasteiger partial charge in [0, 0.05) is 0 Å². The summed E-state index contributed by atoms with van der Waals surface area (Å²) < 4.78 is 23.3. The first-order valence-corrected chi connectivity index (χ1v) is 6.72. The summed E-state index contributed by atoms with van der Waals surface area (Å²) in [7, 11) is 0. The first kappa shape index (κ1) is 13.1. The Morgan fingerprint density at radius 1 is 1.16 bits per heavy atom. The number of hydrogen-bond acceptors (Lipinski definition) is 4. The first-order chi connectivity index (χ1) is 9.05. The maximum absolute atomic E-state index is 5.98. The number of hydrogen-bond donors (Lipinski definition) is 0. The van der Waals surface area contributed by atoms with Crippen LogP contribution in [0.5, 0.6) is 0 Å². The van der Waals surface area contributed by atoms with Gasteiger partial charge in [0.15, 0.2) is 12.1 Å². The van der Waals surface area contributed by atoms with Crippen molar-refractivity contribution in [3.05, 3.63) is 35.9 Å². The molecule has 0 amide bonds. The van der Waals surface area contributed by atoms with E-state index < -0.39 is 5.79 Å². The Kier molecular flexibility index (Phi) is 3.35. The van der Waals surface area contributed by atoms with Crippen molar-refractivity contribution in [3.8, 4) is 0 Å².